The zero-order valence-electron chi connectivity index (χ0n) is 15.1. The smallest absolute Gasteiger partial charge is 0.255 e. The largest absolute Gasteiger partial charge is 0.497 e. The first-order valence-corrected chi connectivity index (χ1v) is 9.11. The Morgan fingerprint density at radius 1 is 1.24 bits per heavy atom. The molecular weight excluding hydrogens is 312 g/mol. The number of carbonyl (C=O) groups is 1. The lowest BCUT2D eigenvalue weighted by Gasteiger charge is -2.23. The third kappa shape index (κ3) is 4.19. The second-order valence-corrected chi connectivity index (χ2v) is 6.62. The van der Waals surface area contributed by atoms with E-state index in [1.165, 1.54) is 18.4 Å². The van der Waals surface area contributed by atoms with Crippen molar-refractivity contribution in [2.75, 3.05) is 13.7 Å². The molecule has 3 rings (SSSR count). The molecule has 25 heavy (non-hydrogen) atoms. The molecule has 0 aliphatic heterocycles. The predicted molar refractivity (Wildman–Crippen MR) is 98.9 cm³/mol. The van der Waals surface area contributed by atoms with Crippen molar-refractivity contribution in [3.63, 3.8) is 0 Å². The zero-order valence-corrected chi connectivity index (χ0v) is 15.1. The van der Waals surface area contributed by atoms with Gasteiger partial charge in [-0.15, -0.1) is 0 Å². The first kappa shape index (κ1) is 17.5. The summed E-state index contributed by atoms with van der Waals surface area (Å²) in [4.78, 5) is 19.5. The number of ether oxygens (including phenoxy) is 1. The molecule has 0 saturated heterocycles. The van der Waals surface area contributed by atoms with Crippen LogP contribution in [0.15, 0.2) is 36.5 Å². The Morgan fingerprint density at radius 2 is 2.08 bits per heavy atom. The van der Waals surface area contributed by atoms with Gasteiger partial charge in [0, 0.05) is 25.0 Å². The highest BCUT2D eigenvalue weighted by Gasteiger charge is 2.19. The Labute approximate surface area is 149 Å². The Bertz CT molecular complexity index is 742. The molecule has 1 heterocycles. The lowest BCUT2D eigenvalue weighted by atomic mass is 9.95. The number of fused-ring (bicyclic) bond motifs is 1. The standard InChI is InChI=1S/C21H26N2O2/c1-3-11-23(15-16-7-6-9-19(12-16)25-2)21(24)18-13-17-8-4-5-10-20(17)22-14-18/h6-7,9,12-14H,3-5,8,10-11,15H2,1-2H3. The van der Waals surface area contributed by atoms with Crippen LogP contribution in [0.2, 0.25) is 0 Å². The van der Waals surface area contributed by atoms with E-state index < -0.39 is 0 Å². The van der Waals surface area contributed by atoms with Crippen molar-refractivity contribution in [3.05, 3.63) is 58.9 Å². The van der Waals surface area contributed by atoms with Crippen molar-refractivity contribution in [2.24, 2.45) is 0 Å². The van der Waals surface area contributed by atoms with Gasteiger partial charge in [-0.1, -0.05) is 19.1 Å². The Balaban J connectivity index is 1.80. The SMILES string of the molecule is CCCN(Cc1cccc(OC)c1)C(=O)c1cnc2c(c1)CCCC2. The van der Waals surface area contributed by atoms with E-state index in [1.54, 1.807) is 13.3 Å². The predicted octanol–water partition coefficient (Wildman–Crippen LogP) is 4.02. The van der Waals surface area contributed by atoms with E-state index in [2.05, 4.69) is 18.0 Å². The van der Waals surface area contributed by atoms with Gasteiger partial charge in [0.15, 0.2) is 0 Å². The minimum Gasteiger partial charge on any atom is -0.497 e. The minimum atomic E-state index is 0.0607. The summed E-state index contributed by atoms with van der Waals surface area (Å²) in [7, 11) is 1.66. The van der Waals surface area contributed by atoms with Crippen LogP contribution < -0.4 is 4.74 Å². The maximum atomic E-state index is 13.0. The van der Waals surface area contributed by atoms with Crippen molar-refractivity contribution >= 4 is 5.91 Å². The number of aryl methyl sites for hydroxylation is 2. The highest BCUT2D eigenvalue weighted by atomic mass is 16.5. The number of hydrogen-bond donors (Lipinski definition) is 0. The molecule has 0 bridgehead atoms. The summed E-state index contributed by atoms with van der Waals surface area (Å²) in [5, 5.41) is 0. The van der Waals surface area contributed by atoms with Crippen molar-refractivity contribution < 1.29 is 9.53 Å². The maximum absolute atomic E-state index is 13.0. The number of benzene rings is 1. The number of methoxy groups -OCH3 is 1. The average molecular weight is 338 g/mol. The second kappa shape index (κ2) is 8.15. The maximum Gasteiger partial charge on any atom is 0.255 e. The van der Waals surface area contributed by atoms with E-state index in [0.717, 1.165) is 42.8 Å². The average Bonchev–Trinajstić information content (AvgIpc) is 2.67. The van der Waals surface area contributed by atoms with Crippen LogP contribution in [-0.4, -0.2) is 29.4 Å². The molecule has 4 nitrogen and oxygen atoms in total. The van der Waals surface area contributed by atoms with E-state index in [-0.39, 0.29) is 5.91 Å². The van der Waals surface area contributed by atoms with Gasteiger partial charge in [-0.2, -0.15) is 0 Å². The Morgan fingerprint density at radius 3 is 2.88 bits per heavy atom. The molecular formula is C21H26N2O2. The molecule has 132 valence electrons. The highest BCUT2D eigenvalue weighted by Crippen LogP contribution is 2.21. The van der Waals surface area contributed by atoms with Gasteiger partial charge in [0.05, 0.1) is 12.7 Å². The van der Waals surface area contributed by atoms with Gasteiger partial charge in [0.1, 0.15) is 5.75 Å². The van der Waals surface area contributed by atoms with Crippen LogP contribution in [0.4, 0.5) is 0 Å². The third-order valence-electron chi connectivity index (χ3n) is 4.70. The van der Waals surface area contributed by atoms with Gasteiger partial charge in [-0.3, -0.25) is 9.78 Å². The van der Waals surface area contributed by atoms with Gasteiger partial charge in [0.25, 0.3) is 5.91 Å². The molecule has 1 aliphatic carbocycles. The molecule has 1 aromatic carbocycles. The number of hydrogen-bond acceptors (Lipinski definition) is 3. The first-order valence-electron chi connectivity index (χ1n) is 9.11. The van der Waals surface area contributed by atoms with Crippen molar-refractivity contribution in [3.8, 4) is 5.75 Å². The molecule has 0 radical (unpaired) electrons. The quantitative estimate of drug-likeness (QED) is 0.799. The van der Waals surface area contributed by atoms with E-state index in [4.69, 9.17) is 4.74 Å². The fourth-order valence-electron chi connectivity index (χ4n) is 3.40. The minimum absolute atomic E-state index is 0.0607. The molecule has 0 fully saturated rings. The summed E-state index contributed by atoms with van der Waals surface area (Å²) in [6, 6.07) is 9.95. The molecule has 0 atom stereocenters. The summed E-state index contributed by atoms with van der Waals surface area (Å²) in [5.74, 6) is 0.877. The summed E-state index contributed by atoms with van der Waals surface area (Å²) in [6.45, 7) is 3.41. The van der Waals surface area contributed by atoms with Crippen LogP contribution in [0.1, 0.15) is 53.4 Å². The summed E-state index contributed by atoms with van der Waals surface area (Å²) < 4.78 is 5.29. The summed E-state index contributed by atoms with van der Waals surface area (Å²) in [6.07, 6.45) is 7.13. The monoisotopic (exact) mass is 338 g/mol. The van der Waals surface area contributed by atoms with E-state index in [0.29, 0.717) is 12.1 Å². The lowest BCUT2D eigenvalue weighted by molar-refractivity contribution is 0.0742. The molecule has 0 saturated carbocycles. The Kier molecular flexibility index (Phi) is 5.69. The van der Waals surface area contributed by atoms with Gasteiger partial charge in [-0.05, 0) is 61.4 Å². The van der Waals surface area contributed by atoms with Gasteiger partial charge >= 0.3 is 0 Å². The van der Waals surface area contributed by atoms with Crippen LogP contribution in [0.5, 0.6) is 5.75 Å². The van der Waals surface area contributed by atoms with Gasteiger partial charge in [0.2, 0.25) is 0 Å². The first-order chi connectivity index (χ1) is 12.2. The topological polar surface area (TPSA) is 42.4 Å². The molecule has 1 amide bonds. The van der Waals surface area contributed by atoms with E-state index >= 15 is 0 Å². The number of amides is 1. The molecule has 2 aromatic rings. The Hall–Kier alpha value is -2.36. The number of pyridine rings is 1. The highest BCUT2D eigenvalue weighted by molar-refractivity contribution is 5.94. The molecule has 0 spiro atoms. The number of carbonyl (C=O) groups excluding carboxylic acids is 1. The number of rotatable bonds is 6. The van der Waals surface area contributed by atoms with Crippen LogP contribution in [0.3, 0.4) is 0 Å². The number of nitrogens with zero attached hydrogens (tertiary/aromatic N) is 2. The molecule has 0 N–H and O–H groups in total. The van der Waals surface area contributed by atoms with Crippen LogP contribution in [-0.2, 0) is 19.4 Å². The number of aromatic nitrogens is 1. The van der Waals surface area contributed by atoms with Crippen LogP contribution >= 0.6 is 0 Å². The van der Waals surface area contributed by atoms with E-state index in [1.807, 2.05) is 29.2 Å². The van der Waals surface area contributed by atoms with Crippen molar-refractivity contribution in [1.29, 1.82) is 0 Å². The fraction of sp³-hybridized carbons (Fsp3) is 0.429. The van der Waals surface area contributed by atoms with Crippen molar-refractivity contribution in [2.45, 2.75) is 45.6 Å². The second-order valence-electron chi connectivity index (χ2n) is 6.62. The summed E-state index contributed by atoms with van der Waals surface area (Å²) in [5.41, 5.74) is 4.19. The van der Waals surface area contributed by atoms with Gasteiger partial charge in [-0.25, -0.2) is 0 Å². The zero-order chi connectivity index (χ0) is 17.6. The lowest BCUT2D eigenvalue weighted by Crippen LogP contribution is -2.31. The van der Waals surface area contributed by atoms with Crippen molar-refractivity contribution in [1.82, 2.24) is 9.88 Å². The van der Waals surface area contributed by atoms with Gasteiger partial charge < -0.3 is 9.64 Å². The van der Waals surface area contributed by atoms with Crippen LogP contribution in [0.25, 0.3) is 0 Å². The summed E-state index contributed by atoms with van der Waals surface area (Å²) >= 11 is 0. The van der Waals surface area contributed by atoms with E-state index in [9.17, 15) is 4.79 Å². The molecule has 4 heteroatoms. The van der Waals surface area contributed by atoms with Crippen LogP contribution in [0, 0.1) is 0 Å². The normalized spacial score (nSPS) is 13.2. The molecule has 0 unspecified atom stereocenters. The molecule has 1 aromatic heterocycles. The molecule has 1 aliphatic rings. The third-order valence-corrected chi connectivity index (χ3v) is 4.70. The fourth-order valence-corrected chi connectivity index (χ4v) is 3.40.